The third kappa shape index (κ3) is 14.8. The van der Waals surface area contributed by atoms with Crippen molar-refractivity contribution >= 4 is 40.2 Å². The Hall–Kier alpha value is -0.320. The fourth-order valence-corrected chi connectivity index (χ4v) is 5.57. The summed E-state index contributed by atoms with van der Waals surface area (Å²) >= 11 is 0. The molecule has 26 heavy (non-hydrogen) atoms. The largest absolute Gasteiger partial charge is 0.293 e. The highest BCUT2D eigenvalue weighted by Crippen LogP contribution is 2.07. The van der Waals surface area contributed by atoms with Gasteiger partial charge >= 0.3 is 0 Å². The van der Waals surface area contributed by atoms with E-state index in [1.54, 1.807) is 6.92 Å². The van der Waals surface area contributed by atoms with E-state index in [0.717, 1.165) is 6.26 Å². The molecule has 0 radical (unpaired) electrons. The summed E-state index contributed by atoms with van der Waals surface area (Å²) in [6.45, 7) is 1.60. The lowest BCUT2D eigenvalue weighted by atomic mass is 10.3. The molecule has 0 rings (SSSR count). The number of hydrogen-bond donors (Lipinski definition) is 0. The van der Waals surface area contributed by atoms with Crippen LogP contribution in [0.5, 0.6) is 0 Å². The molecule has 0 heterocycles. The molecule has 0 saturated carbocycles. The molecule has 0 unspecified atom stereocenters. The maximum Gasteiger partial charge on any atom is 0.293 e. The summed E-state index contributed by atoms with van der Waals surface area (Å²) < 4.78 is 103. The van der Waals surface area contributed by atoms with Crippen LogP contribution in [0.1, 0.15) is 32.6 Å². The predicted octanol–water partition coefficient (Wildman–Crippen LogP) is -0.434. The van der Waals surface area contributed by atoms with Crippen molar-refractivity contribution in [3.8, 4) is 0 Å². The molecule has 0 aromatic rings. The summed E-state index contributed by atoms with van der Waals surface area (Å²) in [6, 6.07) is 0. The maximum absolute atomic E-state index is 11.6. The van der Waals surface area contributed by atoms with Crippen LogP contribution in [0.25, 0.3) is 0 Å². The van der Waals surface area contributed by atoms with Crippen molar-refractivity contribution in [2.24, 2.45) is 0 Å². The molecule has 0 aliphatic rings. The normalized spacial score (nSPS) is 13.8. The van der Waals surface area contributed by atoms with Gasteiger partial charge in [-0.05, 0) is 19.3 Å². The molecule has 0 spiro atoms. The van der Waals surface area contributed by atoms with Gasteiger partial charge in [-0.15, -0.1) is 0 Å². The van der Waals surface area contributed by atoms with Crippen molar-refractivity contribution in [1.29, 1.82) is 0 Å². The molecule has 0 N–H and O–H groups in total. The molecule has 11 nitrogen and oxygen atoms in total. The Kier molecular flexibility index (Phi) is 10.7. The van der Waals surface area contributed by atoms with Gasteiger partial charge < -0.3 is 0 Å². The summed E-state index contributed by atoms with van der Waals surface area (Å²) in [5.41, 5.74) is 0. The molecule has 0 atom stereocenters. The summed E-state index contributed by atoms with van der Waals surface area (Å²) in [4.78, 5) is 0. The van der Waals surface area contributed by atoms with Gasteiger partial charge in [0.05, 0.1) is 18.1 Å². The molecule has 0 aliphatic carbocycles. The van der Waals surface area contributed by atoms with Crippen LogP contribution in [-0.4, -0.2) is 69.9 Å². The van der Waals surface area contributed by atoms with Gasteiger partial charge in [-0.1, -0.05) is 13.3 Å². The van der Waals surface area contributed by atoms with E-state index in [-0.39, 0.29) is 25.9 Å². The van der Waals surface area contributed by atoms with E-state index in [0.29, 0.717) is 6.42 Å². The number of rotatable bonds is 15. The van der Waals surface area contributed by atoms with Crippen LogP contribution in [-0.2, 0) is 52.7 Å². The van der Waals surface area contributed by atoms with Gasteiger partial charge in [0.2, 0.25) is 0 Å². The van der Waals surface area contributed by atoms with E-state index in [4.69, 9.17) is 0 Å². The number of hydrogen-bond acceptors (Lipinski definition) is 11. The van der Waals surface area contributed by atoms with Crippen molar-refractivity contribution in [2.75, 3.05) is 36.2 Å². The van der Waals surface area contributed by atoms with Gasteiger partial charge in [0.1, 0.15) is 0 Å². The highest BCUT2D eigenvalue weighted by molar-refractivity contribution is 7.92. The predicted molar refractivity (Wildman–Crippen MR) is 93.3 cm³/mol. The SMILES string of the molecule is CCCOS(=O)(=O)COS(=O)(=O)CCCCCS(=O)(=O)OCS(C)(=O)=O. The van der Waals surface area contributed by atoms with Crippen LogP contribution in [0.4, 0.5) is 0 Å². The highest BCUT2D eigenvalue weighted by atomic mass is 32.2. The average molecular weight is 461 g/mol. The zero-order valence-electron chi connectivity index (χ0n) is 14.5. The summed E-state index contributed by atoms with van der Waals surface area (Å²) in [5, 5.41) is 0. The Bertz CT molecular complexity index is 823. The third-order valence-electron chi connectivity index (χ3n) is 2.57. The van der Waals surface area contributed by atoms with Gasteiger partial charge in [-0.25, -0.2) is 8.42 Å². The van der Waals surface area contributed by atoms with Gasteiger partial charge in [0, 0.05) is 6.26 Å². The summed E-state index contributed by atoms with van der Waals surface area (Å²) in [6.07, 6.45) is 1.49. The molecule has 0 bridgehead atoms. The quantitative estimate of drug-likeness (QED) is 0.230. The lowest BCUT2D eigenvalue weighted by molar-refractivity contribution is 0.287. The summed E-state index contributed by atoms with van der Waals surface area (Å²) in [7, 11) is -15.8. The first-order chi connectivity index (χ1) is 11.7. The van der Waals surface area contributed by atoms with Crippen LogP contribution < -0.4 is 0 Å². The number of unbranched alkanes of at least 4 members (excludes halogenated alkanes) is 2. The maximum atomic E-state index is 11.6. The van der Waals surface area contributed by atoms with Crippen LogP contribution in [0.15, 0.2) is 0 Å². The van der Waals surface area contributed by atoms with Gasteiger partial charge in [-0.2, -0.15) is 25.3 Å². The van der Waals surface area contributed by atoms with Crippen molar-refractivity contribution in [3.63, 3.8) is 0 Å². The van der Waals surface area contributed by atoms with Crippen molar-refractivity contribution in [3.05, 3.63) is 0 Å². The third-order valence-corrected chi connectivity index (χ3v) is 6.88. The second-order valence-electron chi connectivity index (χ2n) is 5.36. The molecular formula is C11H24O11S4. The lowest BCUT2D eigenvalue weighted by Crippen LogP contribution is -2.19. The van der Waals surface area contributed by atoms with E-state index in [1.165, 1.54) is 0 Å². The molecule has 0 aliphatic heterocycles. The first kappa shape index (κ1) is 25.7. The van der Waals surface area contributed by atoms with Crippen LogP contribution >= 0.6 is 0 Å². The molecule has 0 aromatic heterocycles. The lowest BCUT2D eigenvalue weighted by Gasteiger charge is -2.07. The second-order valence-corrected chi connectivity index (χ2v) is 12.6. The molecule has 0 saturated heterocycles. The second kappa shape index (κ2) is 10.9. The van der Waals surface area contributed by atoms with Crippen LogP contribution in [0.2, 0.25) is 0 Å². The molecular weight excluding hydrogens is 436 g/mol. The van der Waals surface area contributed by atoms with Crippen molar-refractivity contribution in [2.45, 2.75) is 32.6 Å². The molecule has 158 valence electrons. The standard InChI is InChI=1S/C11H24O11S4/c1-3-7-20-26(18,19)11-22-25(16,17)9-6-4-5-8-24(14,15)21-10-23(2,12)13/h3-11H2,1-2H3. The zero-order valence-corrected chi connectivity index (χ0v) is 17.8. The Morgan fingerprint density at radius 2 is 1.08 bits per heavy atom. The Morgan fingerprint density at radius 3 is 1.50 bits per heavy atom. The fraction of sp³-hybridized carbons (Fsp3) is 1.00. The monoisotopic (exact) mass is 460 g/mol. The smallest absolute Gasteiger partial charge is 0.268 e. The van der Waals surface area contributed by atoms with E-state index in [2.05, 4.69) is 12.5 Å². The molecule has 0 aromatic carbocycles. The van der Waals surface area contributed by atoms with Crippen molar-refractivity contribution in [1.82, 2.24) is 0 Å². The number of sulfone groups is 1. The average Bonchev–Trinajstić information content (AvgIpc) is 2.48. The summed E-state index contributed by atoms with van der Waals surface area (Å²) in [5.74, 6) is -3.04. The molecule has 0 fully saturated rings. The van der Waals surface area contributed by atoms with Crippen LogP contribution in [0.3, 0.4) is 0 Å². The van der Waals surface area contributed by atoms with E-state index in [1.807, 2.05) is 0 Å². The van der Waals surface area contributed by atoms with E-state index < -0.39 is 63.6 Å². The highest BCUT2D eigenvalue weighted by Gasteiger charge is 2.19. The topological polar surface area (TPSA) is 164 Å². The Morgan fingerprint density at radius 1 is 0.615 bits per heavy atom. The van der Waals surface area contributed by atoms with E-state index in [9.17, 15) is 33.7 Å². The van der Waals surface area contributed by atoms with Crippen molar-refractivity contribution < 1.29 is 46.2 Å². The molecule has 15 heteroatoms. The Balaban J connectivity index is 4.16. The zero-order chi connectivity index (χ0) is 20.5. The minimum atomic E-state index is -4.10. The van der Waals surface area contributed by atoms with Gasteiger partial charge in [0.25, 0.3) is 30.4 Å². The fourth-order valence-electron chi connectivity index (χ4n) is 1.39. The van der Waals surface area contributed by atoms with E-state index >= 15 is 0 Å². The van der Waals surface area contributed by atoms with Gasteiger partial charge in [-0.3, -0.25) is 12.5 Å². The Labute approximate surface area is 155 Å². The minimum absolute atomic E-state index is 0.0276. The molecule has 0 amide bonds. The minimum Gasteiger partial charge on any atom is -0.268 e. The van der Waals surface area contributed by atoms with Gasteiger partial charge in [0.15, 0.2) is 21.7 Å². The first-order valence-corrected chi connectivity index (χ1v) is 14.3. The first-order valence-electron chi connectivity index (χ1n) is 7.47. The van der Waals surface area contributed by atoms with Crippen LogP contribution in [0, 0.1) is 0 Å².